The maximum Gasteiger partial charge on any atom is 0.243 e. The summed E-state index contributed by atoms with van der Waals surface area (Å²) in [4.78, 5) is 16.0. The standard InChI is InChI=1S/C15H17N3O3/c1-20-13-6-4-3-5-12(13)18-14(19)10-16-11-7-8-15(21-2)17-9-11/h3-9,16H,10H2,1-2H3,(H,18,19). The Morgan fingerprint density at radius 2 is 1.95 bits per heavy atom. The summed E-state index contributed by atoms with van der Waals surface area (Å²) in [6.07, 6.45) is 1.61. The van der Waals surface area contributed by atoms with Crippen LogP contribution in [0.4, 0.5) is 11.4 Å². The zero-order chi connectivity index (χ0) is 15.1. The van der Waals surface area contributed by atoms with E-state index >= 15 is 0 Å². The molecule has 2 N–H and O–H groups in total. The summed E-state index contributed by atoms with van der Waals surface area (Å²) in [6.45, 7) is 0.131. The second kappa shape index (κ2) is 7.14. The van der Waals surface area contributed by atoms with Gasteiger partial charge in [-0.15, -0.1) is 0 Å². The topological polar surface area (TPSA) is 72.5 Å². The van der Waals surface area contributed by atoms with E-state index in [1.807, 2.05) is 12.1 Å². The zero-order valence-electron chi connectivity index (χ0n) is 11.9. The van der Waals surface area contributed by atoms with Gasteiger partial charge in [-0.2, -0.15) is 0 Å². The lowest BCUT2D eigenvalue weighted by Crippen LogP contribution is -2.22. The van der Waals surface area contributed by atoms with Gasteiger partial charge in [-0.3, -0.25) is 4.79 Å². The summed E-state index contributed by atoms with van der Waals surface area (Å²) in [5.41, 5.74) is 1.38. The van der Waals surface area contributed by atoms with E-state index < -0.39 is 0 Å². The van der Waals surface area contributed by atoms with Crippen LogP contribution in [0.5, 0.6) is 11.6 Å². The number of para-hydroxylation sites is 2. The Bertz CT molecular complexity index is 599. The van der Waals surface area contributed by atoms with Crippen LogP contribution in [0, 0.1) is 0 Å². The molecule has 2 aromatic rings. The predicted octanol–water partition coefficient (Wildman–Crippen LogP) is 2.15. The number of nitrogens with zero attached hydrogens (tertiary/aromatic N) is 1. The van der Waals surface area contributed by atoms with Crippen molar-refractivity contribution in [3.8, 4) is 11.6 Å². The Labute approximate surface area is 123 Å². The van der Waals surface area contributed by atoms with Crippen molar-refractivity contribution in [1.29, 1.82) is 0 Å². The fourth-order valence-corrected chi connectivity index (χ4v) is 1.73. The number of benzene rings is 1. The Hall–Kier alpha value is -2.76. The molecule has 2 rings (SSSR count). The SMILES string of the molecule is COc1ccc(NCC(=O)Nc2ccccc2OC)cn1. The summed E-state index contributed by atoms with van der Waals surface area (Å²) in [6, 6.07) is 10.8. The average Bonchev–Trinajstić information content (AvgIpc) is 2.54. The van der Waals surface area contributed by atoms with Crippen LogP contribution in [-0.4, -0.2) is 31.7 Å². The lowest BCUT2D eigenvalue weighted by molar-refractivity contribution is -0.114. The van der Waals surface area contributed by atoms with Crippen molar-refractivity contribution in [2.75, 3.05) is 31.4 Å². The minimum atomic E-state index is -0.171. The molecule has 1 amide bonds. The number of methoxy groups -OCH3 is 2. The van der Waals surface area contributed by atoms with Gasteiger partial charge < -0.3 is 20.1 Å². The van der Waals surface area contributed by atoms with E-state index in [9.17, 15) is 4.79 Å². The van der Waals surface area contributed by atoms with Crippen molar-refractivity contribution >= 4 is 17.3 Å². The number of carbonyl (C=O) groups is 1. The fourth-order valence-electron chi connectivity index (χ4n) is 1.73. The molecular weight excluding hydrogens is 270 g/mol. The van der Waals surface area contributed by atoms with E-state index in [2.05, 4.69) is 15.6 Å². The van der Waals surface area contributed by atoms with Gasteiger partial charge in [0.25, 0.3) is 0 Å². The first-order valence-corrected chi connectivity index (χ1v) is 6.39. The molecule has 1 aromatic heterocycles. The largest absolute Gasteiger partial charge is 0.495 e. The maximum absolute atomic E-state index is 11.9. The Balaban J connectivity index is 1.89. The van der Waals surface area contributed by atoms with Crippen LogP contribution in [0.25, 0.3) is 0 Å². The number of hydrogen-bond acceptors (Lipinski definition) is 5. The molecular formula is C15H17N3O3. The van der Waals surface area contributed by atoms with E-state index in [4.69, 9.17) is 9.47 Å². The minimum Gasteiger partial charge on any atom is -0.495 e. The van der Waals surface area contributed by atoms with Crippen LogP contribution < -0.4 is 20.1 Å². The molecule has 0 aliphatic heterocycles. The number of ether oxygens (including phenoxy) is 2. The Morgan fingerprint density at radius 1 is 1.14 bits per heavy atom. The van der Waals surface area contributed by atoms with Gasteiger partial charge in [-0.1, -0.05) is 12.1 Å². The van der Waals surface area contributed by atoms with Crippen LogP contribution in [0.15, 0.2) is 42.6 Å². The van der Waals surface area contributed by atoms with Crippen LogP contribution in [0.2, 0.25) is 0 Å². The van der Waals surface area contributed by atoms with Crippen LogP contribution in [0.3, 0.4) is 0 Å². The van der Waals surface area contributed by atoms with E-state index in [-0.39, 0.29) is 12.5 Å². The van der Waals surface area contributed by atoms with Crippen LogP contribution >= 0.6 is 0 Å². The summed E-state index contributed by atoms with van der Waals surface area (Å²) >= 11 is 0. The molecule has 0 bridgehead atoms. The first-order chi connectivity index (χ1) is 10.2. The molecule has 0 saturated carbocycles. The van der Waals surface area contributed by atoms with Gasteiger partial charge in [0.2, 0.25) is 11.8 Å². The average molecular weight is 287 g/mol. The number of nitrogens with one attached hydrogen (secondary N) is 2. The van der Waals surface area contributed by atoms with Gasteiger partial charge in [0.1, 0.15) is 5.75 Å². The number of rotatable bonds is 6. The lowest BCUT2D eigenvalue weighted by atomic mass is 10.3. The fraction of sp³-hybridized carbons (Fsp3) is 0.200. The van der Waals surface area contributed by atoms with Gasteiger partial charge in [0.15, 0.2) is 0 Å². The zero-order valence-corrected chi connectivity index (χ0v) is 11.9. The molecule has 0 atom stereocenters. The lowest BCUT2D eigenvalue weighted by Gasteiger charge is -2.10. The quantitative estimate of drug-likeness (QED) is 0.851. The van der Waals surface area contributed by atoms with Gasteiger partial charge in [0, 0.05) is 6.07 Å². The first-order valence-electron chi connectivity index (χ1n) is 6.39. The second-order valence-corrected chi connectivity index (χ2v) is 4.19. The van der Waals surface area contributed by atoms with Gasteiger partial charge in [-0.25, -0.2) is 4.98 Å². The van der Waals surface area contributed by atoms with Crippen molar-refractivity contribution in [2.24, 2.45) is 0 Å². The van der Waals surface area contributed by atoms with Gasteiger partial charge >= 0.3 is 0 Å². The Kier molecular flexibility index (Phi) is 4.98. The number of pyridine rings is 1. The molecule has 6 nitrogen and oxygen atoms in total. The van der Waals surface area contributed by atoms with Crippen molar-refractivity contribution < 1.29 is 14.3 Å². The van der Waals surface area contributed by atoms with Crippen molar-refractivity contribution in [3.05, 3.63) is 42.6 Å². The molecule has 0 aliphatic carbocycles. The molecule has 0 spiro atoms. The van der Waals surface area contributed by atoms with E-state index in [1.54, 1.807) is 44.7 Å². The molecule has 6 heteroatoms. The normalized spacial score (nSPS) is 9.81. The summed E-state index contributed by atoms with van der Waals surface area (Å²) in [5, 5.41) is 5.77. The molecule has 1 heterocycles. The number of hydrogen-bond donors (Lipinski definition) is 2. The summed E-state index contributed by atoms with van der Waals surface area (Å²) in [7, 11) is 3.11. The third-order valence-electron chi connectivity index (χ3n) is 2.78. The molecule has 110 valence electrons. The highest BCUT2D eigenvalue weighted by Gasteiger charge is 2.06. The first kappa shape index (κ1) is 14.6. The van der Waals surface area contributed by atoms with Crippen LogP contribution in [-0.2, 0) is 4.79 Å². The van der Waals surface area contributed by atoms with E-state index in [0.717, 1.165) is 5.69 Å². The number of amides is 1. The van der Waals surface area contributed by atoms with Gasteiger partial charge in [-0.05, 0) is 18.2 Å². The highest BCUT2D eigenvalue weighted by atomic mass is 16.5. The third kappa shape index (κ3) is 4.10. The highest BCUT2D eigenvalue weighted by Crippen LogP contribution is 2.22. The molecule has 0 fully saturated rings. The predicted molar refractivity (Wildman–Crippen MR) is 80.9 cm³/mol. The Morgan fingerprint density at radius 3 is 2.62 bits per heavy atom. The molecule has 0 radical (unpaired) electrons. The number of carbonyl (C=O) groups excluding carboxylic acids is 1. The van der Waals surface area contributed by atoms with Gasteiger partial charge in [0.05, 0.1) is 38.3 Å². The smallest absolute Gasteiger partial charge is 0.243 e. The molecule has 0 unspecified atom stereocenters. The second-order valence-electron chi connectivity index (χ2n) is 4.19. The molecule has 21 heavy (non-hydrogen) atoms. The highest BCUT2D eigenvalue weighted by molar-refractivity contribution is 5.95. The van der Waals surface area contributed by atoms with Crippen molar-refractivity contribution in [1.82, 2.24) is 4.98 Å². The van der Waals surface area contributed by atoms with Crippen LogP contribution in [0.1, 0.15) is 0 Å². The van der Waals surface area contributed by atoms with E-state index in [0.29, 0.717) is 17.3 Å². The van der Waals surface area contributed by atoms with E-state index in [1.165, 1.54) is 0 Å². The third-order valence-corrected chi connectivity index (χ3v) is 2.78. The molecule has 0 saturated heterocycles. The summed E-state index contributed by atoms with van der Waals surface area (Å²) in [5.74, 6) is 0.978. The molecule has 1 aromatic carbocycles. The summed E-state index contributed by atoms with van der Waals surface area (Å²) < 4.78 is 10.1. The molecule has 0 aliphatic rings. The van der Waals surface area contributed by atoms with Crippen molar-refractivity contribution in [2.45, 2.75) is 0 Å². The maximum atomic E-state index is 11.9. The number of aromatic nitrogens is 1. The number of anilines is 2. The van der Waals surface area contributed by atoms with Crippen molar-refractivity contribution in [3.63, 3.8) is 0 Å². The minimum absolute atomic E-state index is 0.131. The monoisotopic (exact) mass is 287 g/mol.